The highest BCUT2D eigenvalue weighted by Gasteiger charge is 1.98. The Hall–Kier alpha value is -1.70. The van der Waals surface area contributed by atoms with Crippen molar-refractivity contribution in [2.75, 3.05) is 0 Å². The number of nitrogens with zero attached hydrogens (tertiary/aromatic N) is 2. The fourth-order valence-corrected chi connectivity index (χ4v) is 1.21. The van der Waals surface area contributed by atoms with Gasteiger partial charge in [-0.3, -0.25) is 9.98 Å². The van der Waals surface area contributed by atoms with Crippen molar-refractivity contribution in [2.24, 2.45) is 4.99 Å². The zero-order valence-corrected chi connectivity index (χ0v) is 9.49. The molecule has 0 aromatic carbocycles. The third-order valence-electron chi connectivity index (χ3n) is 2.13. The fraction of sp³-hybridized carbons (Fsp3) is 0.231. The predicted octanol–water partition coefficient (Wildman–Crippen LogP) is 3.40. The van der Waals surface area contributed by atoms with Crippen molar-refractivity contribution >= 4 is 12.3 Å². The summed E-state index contributed by atoms with van der Waals surface area (Å²) in [5.41, 5.74) is 4.09. The first kappa shape index (κ1) is 11.4. The van der Waals surface area contributed by atoms with Gasteiger partial charge in [0.1, 0.15) is 0 Å². The lowest BCUT2D eigenvalue weighted by Gasteiger charge is -2.02. The van der Waals surface area contributed by atoms with Crippen LogP contribution in [0.4, 0.5) is 0 Å². The van der Waals surface area contributed by atoms with Crippen LogP contribution in [0.3, 0.4) is 0 Å². The van der Waals surface area contributed by atoms with Crippen LogP contribution in [0.1, 0.15) is 25.1 Å². The quantitative estimate of drug-likeness (QED) is 0.542. The van der Waals surface area contributed by atoms with Crippen molar-refractivity contribution in [3.63, 3.8) is 0 Å². The van der Waals surface area contributed by atoms with Crippen molar-refractivity contribution in [2.45, 2.75) is 20.8 Å². The van der Waals surface area contributed by atoms with Crippen LogP contribution in [0.2, 0.25) is 0 Å². The first-order valence-electron chi connectivity index (χ1n) is 4.91. The van der Waals surface area contributed by atoms with Crippen molar-refractivity contribution in [3.8, 4) is 0 Å². The summed E-state index contributed by atoms with van der Waals surface area (Å²) in [4.78, 5) is 8.22. The molecule has 78 valence electrons. The molecule has 2 nitrogen and oxygen atoms in total. The first-order valence-corrected chi connectivity index (χ1v) is 4.91. The maximum absolute atomic E-state index is 4.36. The smallest absolute Gasteiger partial charge is 0.0699 e. The Morgan fingerprint density at radius 2 is 2.20 bits per heavy atom. The molecular weight excluding hydrogens is 184 g/mol. The van der Waals surface area contributed by atoms with E-state index in [-0.39, 0.29) is 0 Å². The Labute approximate surface area is 91.1 Å². The number of aromatic nitrogens is 1. The third kappa shape index (κ3) is 3.17. The molecule has 0 unspecified atom stereocenters. The molecule has 0 aliphatic rings. The van der Waals surface area contributed by atoms with E-state index in [1.54, 1.807) is 0 Å². The molecule has 0 saturated heterocycles. The Kier molecular flexibility index (Phi) is 3.98. The second kappa shape index (κ2) is 5.25. The van der Waals surface area contributed by atoms with Gasteiger partial charge in [-0.05, 0) is 50.8 Å². The minimum Gasteiger partial charge on any atom is -0.269 e. The maximum atomic E-state index is 4.36. The highest BCUT2D eigenvalue weighted by atomic mass is 14.7. The maximum Gasteiger partial charge on any atom is 0.0699 e. The molecule has 1 heterocycles. The van der Waals surface area contributed by atoms with Gasteiger partial charge in [-0.15, -0.1) is 0 Å². The molecule has 0 aliphatic heterocycles. The van der Waals surface area contributed by atoms with Gasteiger partial charge in [0.25, 0.3) is 0 Å². The molecule has 0 amide bonds. The number of aryl methyl sites for hydroxylation is 1. The van der Waals surface area contributed by atoms with Crippen LogP contribution in [-0.4, -0.2) is 11.7 Å². The summed E-state index contributed by atoms with van der Waals surface area (Å²) in [6.45, 7) is 9.43. The summed E-state index contributed by atoms with van der Waals surface area (Å²) < 4.78 is 0. The van der Waals surface area contributed by atoms with E-state index in [0.29, 0.717) is 0 Å². The van der Waals surface area contributed by atoms with Gasteiger partial charge in [0.2, 0.25) is 0 Å². The van der Waals surface area contributed by atoms with Gasteiger partial charge in [-0.1, -0.05) is 12.1 Å². The summed E-state index contributed by atoms with van der Waals surface area (Å²) in [5.74, 6) is 0. The summed E-state index contributed by atoms with van der Waals surface area (Å²) in [6, 6.07) is 4.06. The summed E-state index contributed by atoms with van der Waals surface area (Å²) >= 11 is 0. The van der Waals surface area contributed by atoms with Crippen LogP contribution in [0.25, 0.3) is 5.57 Å². The monoisotopic (exact) mass is 200 g/mol. The average Bonchev–Trinajstić information content (AvgIpc) is 2.27. The molecule has 0 spiro atoms. The van der Waals surface area contributed by atoms with Crippen LogP contribution in [-0.2, 0) is 0 Å². The second-order valence-electron chi connectivity index (χ2n) is 3.41. The SMILES string of the molecule is C=N/C(C)=C\C(=C/C)c1ccc(C)cn1. The Balaban J connectivity index is 3.04. The lowest BCUT2D eigenvalue weighted by atomic mass is 10.1. The molecule has 1 aromatic heterocycles. The van der Waals surface area contributed by atoms with Crippen LogP contribution in [0, 0.1) is 6.92 Å². The number of hydrogen-bond donors (Lipinski definition) is 0. The van der Waals surface area contributed by atoms with Gasteiger partial charge in [-0.25, -0.2) is 0 Å². The number of aliphatic imine (C=N–C) groups is 1. The van der Waals surface area contributed by atoms with Crippen molar-refractivity contribution in [1.82, 2.24) is 4.98 Å². The summed E-state index contributed by atoms with van der Waals surface area (Å²) in [5, 5.41) is 0. The standard InChI is InChI=1S/C13H16N2/c1-5-12(8-11(3)14-4)13-7-6-10(2)9-15-13/h5-9H,4H2,1-3H3/b11-8-,12-5+. The number of allylic oxidation sites excluding steroid dienone is 4. The molecule has 0 radical (unpaired) electrons. The topological polar surface area (TPSA) is 25.2 Å². The van der Waals surface area contributed by atoms with Gasteiger partial charge < -0.3 is 0 Å². The van der Waals surface area contributed by atoms with Crippen LogP contribution in [0.5, 0.6) is 0 Å². The summed E-state index contributed by atoms with van der Waals surface area (Å²) in [7, 11) is 0. The van der Waals surface area contributed by atoms with Gasteiger partial charge in [0.15, 0.2) is 0 Å². The fourth-order valence-electron chi connectivity index (χ4n) is 1.21. The Morgan fingerprint density at radius 3 is 2.67 bits per heavy atom. The Morgan fingerprint density at radius 1 is 1.47 bits per heavy atom. The minimum absolute atomic E-state index is 0.894. The number of hydrogen-bond acceptors (Lipinski definition) is 2. The van der Waals surface area contributed by atoms with E-state index in [4.69, 9.17) is 0 Å². The number of rotatable bonds is 3. The van der Waals surface area contributed by atoms with Crippen molar-refractivity contribution in [1.29, 1.82) is 0 Å². The molecule has 0 saturated carbocycles. The van der Waals surface area contributed by atoms with Crippen molar-refractivity contribution < 1.29 is 0 Å². The molecular formula is C13H16N2. The van der Waals surface area contributed by atoms with E-state index in [1.807, 2.05) is 45.2 Å². The predicted molar refractivity (Wildman–Crippen MR) is 65.9 cm³/mol. The molecule has 1 rings (SSSR count). The highest BCUT2D eigenvalue weighted by molar-refractivity contribution is 5.72. The van der Waals surface area contributed by atoms with Crippen LogP contribution in [0.15, 0.2) is 41.2 Å². The zero-order chi connectivity index (χ0) is 11.3. The third-order valence-corrected chi connectivity index (χ3v) is 2.13. The molecule has 0 fully saturated rings. The van der Waals surface area contributed by atoms with E-state index in [0.717, 1.165) is 22.5 Å². The van der Waals surface area contributed by atoms with E-state index in [2.05, 4.69) is 22.8 Å². The lowest BCUT2D eigenvalue weighted by molar-refractivity contribution is 1.22. The molecule has 1 aromatic rings. The molecule has 15 heavy (non-hydrogen) atoms. The van der Waals surface area contributed by atoms with Crippen LogP contribution >= 0.6 is 0 Å². The van der Waals surface area contributed by atoms with Gasteiger partial charge in [0, 0.05) is 11.9 Å². The molecule has 0 bridgehead atoms. The zero-order valence-electron chi connectivity index (χ0n) is 9.49. The van der Waals surface area contributed by atoms with Gasteiger partial charge in [-0.2, -0.15) is 0 Å². The average molecular weight is 200 g/mol. The second-order valence-corrected chi connectivity index (χ2v) is 3.41. The summed E-state index contributed by atoms with van der Waals surface area (Å²) in [6.07, 6.45) is 5.86. The highest BCUT2D eigenvalue weighted by Crippen LogP contribution is 2.15. The van der Waals surface area contributed by atoms with E-state index in [9.17, 15) is 0 Å². The normalized spacial score (nSPS) is 12.7. The minimum atomic E-state index is 0.894. The van der Waals surface area contributed by atoms with Crippen molar-refractivity contribution in [3.05, 3.63) is 47.4 Å². The van der Waals surface area contributed by atoms with Gasteiger partial charge in [0.05, 0.1) is 5.69 Å². The number of pyridine rings is 1. The molecule has 2 heteroatoms. The van der Waals surface area contributed by atoms with Gasteiger partial charge >= 0.3 is 0 Å². The molecule has 0 N–H and O–H groups in total. The lowest BCUT2D eigenvalue weighted by Crippen LogP contribution is -1.87. The largest absolute Gasteiger partial charge is 0.269 e. The molecule has 0 aliphatic carbocycles. The van der Waals surface area contributed by atoms with E-state index < -0.39 is 0 Å². The Bertz CT molecular complexity index is 397. The van der Waals surface area contributed by atoms with Crippen LogP contribution < -0.4 is 0 Å². The first-order chi connectivity index (χ1) is 7.17. The van der Waals surface area contributed by atoms with E-state index in [1.165, 1.54) is 0 Å². The van der Waals surface area contributed by atoms with E-state index >= 15 is 0 Å². The molecule has 0 atom stereocenters.